The molecule has 0 saturated carbocycles. The van der Waals surface area contributed by atoms with E-state index in [4.69, 9.17) is 40.5 Å². The van der Waals surface area contributed by atoms with E-state index in [0.29, 0.717) is 27.0 Å². The molecule has 63 heavy (non-hydrogen) atoms. The number of carbonyl (C=O) groups is 4. The highest BCUT2D eigenvalue weighted by molar-refractivity contribution is 6.32. The van der Waals surface area contributed by atoms with E-state index in [2.05, 4.69) is 46.1 Å². The van der Waals surface area contributed by atoms with Crippen LogP contribution in [-0.2, 0) is 0 Å². The van der Waals surface area contributed by atoms with Crippen LogP contribution in [0.25, 0.3) is 0 Å². The molecule has 0 saturated heterocycles. The predicted octanol–water partition coefficient (Wildman–Crippen LogP) is 7.57. The Hall–Kier alpha value is -7.53. The molecule has 0 fully saturated rings. The zero-order valence-corrected chi connectivity index (χ0v) is 35.6. The van der Waals surface area contributed by atoms with Gasteiger partial charge in [-0.15, -0.1) is 0 Å². The van der Waals surface area contributed by atoms with Crippen molar-refractivity contribution < 1.29 is 29.4 Å². The first-order valence-electron chi connectivity index (χ1n) is 18.7. The first kappa shape index (κ1) is 45.0. The lowest BCUT2D eigenvalue weighted by Gasteiger charge is -2.15. The third-order valence-corrected chi connectivity index (χ3v) is 9.84. The molecule has 320 valence electrons. The van der Waals surface area contributed by atoms with E-state index >= 15 is 0 Å². The summed E-state index contributed by atoms with van der Waals surface area (Å²) in [6.45, 7) is 1.61. The molecule has 19 heteroatoms. The van der Waals surface area contributed by atoms with Crippen molar-refractivity contribution in [3.63, 3.8) is 0 Å². The fraction of sp³-hybridized carbons (Fsp3) is 0.0909. The van der Waals surface area contributed by atoms with E-state index in [1.807, 2.05) is 19.2 Å². The Morgan fingerprint density at radius 1 is 0.635 bits per heavy atom. The Bertz CT molecular complexity index is 2730. The van der Waals surface area contributed by atoms with Crippen LogP contribution in [0.15, 0.2) is 126 Å². The number of aromatic hydroxyl groups is 2. The highest BCUT2D eigenvalue weighted by Crippen LogP contribution is 2.33. The van der Waals surface area contributed by atoms with Crippen molar-refractivity contribution in [2.45, 2.75) is 0 Å². The van der Waals surface area contributed by atoms with Crippen LogP contribution in [0.4, 0.5) is 23.0 Å². The van der Waals surface area contributed by atoms with Crippen LogP contribution in [0.3, 0.4) is 0 Å². The van der Waals surface area contributed by atoms with E-state index in [1.54, 1.807) is 61.6 Å². The number of pyridine rings is 2. The van der Waals surface area contributed by atoms with E-state index in [-0.39, 0.29) is 56.2 Å². The quantitative estimate of drug-likeness (QED) is 0.0404. The van der Waals surface area contributed by atoms with Crippen molar-refractivity contribution in [3.8, 4) is 11.5 Å². The van der Waals surface area contributed by atoms with Gasteiger partial charge in [0, 0.05) is 66.4 Å². The minimum absolute atomic E-state index is 0.00735. The van der Waals surface area contributed by atoms with Gasteiger partial charge in [0.05, 0.1) is 39.1 Å². The van der Waals surface area contributed by atoms with Crippen molar-refractivity contribution in [1.29, 1.82) is 0 Å². The number of benzene rings is 4. The largest absolute Gasteiger partial charge is 0.506 e. The SMILES string of the molecule is CN1CCN=C1c1ccc(C(=O)Nc2c(O)cccc2C(=O)Nc2ccc(Cl)cn2)cc1.CN=C(N)c1ccc(C(=O)Nc2c(O)cc(Cl)cc2C(=O)Nc2ccc(Cl)cn2)cc1. The first-order valence-corrected chi connectivity index (χ1v) is 19.9. The monoisotopic (exact) mass is 906 g/mol. The van der Waals surface area contributed by atoms with Gasteiger partial charge in [-0.1, -0.05) is 65.1 Å². The minimum atomic E-state index is -0.634. The van der Waals surface area contributed by atoms with Crippen LogP contribution in [-0.4, -0.2) is 87.6 Å². The minimum Gasteiger partial charge on any atom is -0.506 e. The standard InChI is InChI=1S/C23H20ClN5O3.C21H17Cl2N5O3/c1-29-12-11-25-21(29)14-5-7-15(8-6-14)22(31)28-20-17(3-2-4-18(20)30)23(32)27-19-10-9-16(24)13-26-19;1-25-19(24)11-2-4-12(5-3-11)20(30)28-18-15(8-14(23)9-16(18)29)21(31)27-17-7-6-13(22)10-26-17/h2-10,13,30H,11-12H2,1H3,(H,28,31)(H,26,27,32);2-10,29H,1H3,(H2,24,25)(H,28,30)(H,26,27,31). The summed E-state index contributed by atoms with van der Waals surface area (Å²) in [5.41, 5.74) is 7.94. The molecule has 0 radical (unpaired) electrons. The molecule has 0 spiro atoms. The van der Waals surface area contributed by atoms with Gasteiger partial charge in [-0.2, -0.15) is 0 Å². The fourth-order valence-corrected chi connectivity index (χ4v) is 6.37. The molecule has 16 nitrogen and oxygen atoms in total. The van der Waals surface area contributed by atoms with Gasteiger partial charge >= 0.3 is 0 Å². The number of aromatic nitrogens is 2. The molecule has 4 amide bonds. The van der Waals surface area contributed by atoms with Crippen molar-refractivity contribution >= 4 is 93.1 Å². The molecule has 4 aromatic carbocycles. The summed E-state index contributed by atoms with van der Waals surface area (Å²) < 4.78 is 0. The number of rotatable bonds is 10. The summed E-state index contributed by atoms with van der Waals surface area (Å²) in [5.74, 6) is -1.04. The maximum absolute atomic E-state index is 12.8. The number of nitrogens with one attached hydrogen (secondary N) is 4. The number of nitrogens with zero attached hydrogens (tertiary/aromatic N) is 5. The van der Waals surface area contributed by atoms with Crippen LogP contribution in [0.2, 0.25) is 15.1 Å². The van der Waals surface area contributed by atoms with E-state index in [1.165, 1.54) is 48.8 Å². The number of anilines is 4. The lowest BCUT2D eigenvalue weighted by Crippen LogP contribution is -2.23. The van der Waals surface area contributed by atoms with Gasteiger partial charge in [-0.05, 0) is 66.7 Å². The zero-order valence-electron chi connectivity index (χ0n) is 33.4. The van der Waals surface area contributed by atoms with Gasteiger partial charge in [0.25, 0.3) is 23.6 Å². The summed E-state index contributed by atoms with van der Waals surface area (Å²) in [7, 11) is 3.53. The average molecular weight is 908 g/mol. The number of phenolic OH excluding ortho intramolecular Hbond substituents is 2. The number of hydrogen-bond donors (Lipinski definition) is 7. The Balaban J connectivity index is 0.000000210. The predicted molar refractivity (Wildman–Crippen MR) is 245 cm³/mol. The van der Waals surface area contributed by atoms with Crippen molar-refractivity contribution in [3.05, 3.63) is 164 Å². The molecule has 7 rings (SSSR count). The number of nitrogens with two attached hydrogens (primary N) is 1. The van der Waals surface area contributed by atoms with Crippen molar-refractivity contribution in [2.75, 3.05) is 48.5 Å². The average Bonchev–Trinajstić information content (AvgIpc) is 3.72. The van der Waals surface area contributed by atoms with E-state index < -0.39 is 23.6 Å². The summed E-state index contributed by atoms with van der Waals surface area (Å²) in [6.07, 6.45) is 2.77. The van der Waals surface area contributed by atoms with Gasteiger partial charge in [0.15, 0.2) is 0 Å². The lowest BCUT2D eigenvalue weighted by atomic mass is 10.1. The number of carbonyl (C=O) groups excluding carboxylic acids is 4. The Kier molecular flexibility index (Phi) is 14.5. The number of aliphatic imine (C=N–C) groups is 2. The molecule has 0 bridgehead atoms. The third kappa shape index (κ3) is 11.4. The number of para-hydroxylation sites is 1. The molecule has 0 aliphatic carbocycles. The van der Waals surface area contributed by atoms with E-state index in [0.717, 1.165) is 24.5 Å². The maximum Gasteiger partial charge on any atom is 0.259 e. The number of phenols is 2. The van der Waals surface area contributed by atoms with Crippen molar-refractivity contribution in [1.82, 2.24) is 14.9 Å². The summed E-state index contributed by atoms with van der Waals surface area (Å²) >= 11 is 17.6. The second kappa shape index (κ2) is 20.4. The number of amides is 4. The number of hydrogen-bond acceptors (Lipinski definition) is 11. The Morgan fingerprint density at radius 3 is 1.67 bits per heavy atom. The summed E-state index contributed by atoms with van der Waals surface area (Å²) in [5, 5.41) is 32.0. The van der Waals surface area contributed by atoms with Crippen LogP contribution in [0, 0.1) is 0 Å². The molecular weight excluding hydrogens is 871 g/mol. The molecule has 2 aromatic heterocycles. The Morgan fingerprint density at radius 2 is 1.16 bits per heavy atom. The molecule has 1 aliphatic rings. The van der Waals surface area contributed by atoms with Gasteiger partial charge in [-0.25, -0.2) is 9.97 Å². The zero-order chi connectivity index (χ0) is 45.2. The normalized spacial score (nSPS) is 12.0. The highest BCUT2D eigenvalue weighted by atomic mass is 35.5. The van der Waals surface area contributed by atoms with Crippen LogP contribution >= 0.6 is 34.8 Å². The fourth-order valence-electron chi connectivity index (χ4n) is 5.94. The van der Waals surface area contributed by atoms with E-state index in [9.17, 15) is 29.4 Å². The lowest BCUT2D eigenvalue weighted by molar-refractivity contribution is 0.101. The smallest absolute Gasteiger partial charge is 0.259 e. The van der Waals surface area contributed by atoms with Gasteiger partial charge < -0.3 is 42.1 Å². The van der Waals surface area contributed by atoms with Crippen LogP contribution in [0.5, 0.6) is 11.5 Å². The van der Waals surface area contributed by atoms with Gasteiger partial charge in [0.1, 0.15) is 34.8 Å². The highest BCUT2D eigenvalue weighted by Gasteiger charge is 2.22. The maximum atomic E-state index is 12.8. The topological polar surface area (TPSA) is 237 Å². The molecule has 6 aromatic rings. The van der Waals surface area contributed by atoms with Crippen LogP contribution < -0.4 is 27.0 Å². The molecule has 1 aliphatic heterocycles. The number of amidine groups is 2. The van der Waals surface area contributed by atoms with Crippen molar-refractivity contribution in [2.24, 2.45) is 15.7 Å². The van der Waals surface area contributed by atoms with Gasteiger partial charge in [-0.3, -0.25) is 29.2 Å². The molecule has 0 atom stereocenters. The molecular formula is C44H37Cl3N10O6. The molecule has 3 heterocycles. The second-order valence-electron chi connectivity index (χ2n) is 13.5. The second-order valence-corrected chi connectivity index (χ2v) is 14.8. The third-order valence-electron chi connectivity index (χ3n) is 9.18. The molecule has 0 unspecified atom stereocenters. The van der Waals surface area contributed by atoms with Crippen LogP contribution in [0.1, 0.15) is 52.6 Å². The number of halogens is 3. The van der Waals surface area contributed by atoms with Gasteiger partial charge in [0.2, 0.25) is 0 Å². The summed E-state index contributed by atoms with van der Waals surface area (Å²) in [6, 6.07) is 26.5. The Labute approximate surface area is 375 Å². The summed E-state index contributed by atoms with van der Waals surface area (Å²) in [4.78, 5) is 69.4. The molecule has 8 N–H and O–H groups in total. The first-order chi connectivity index (χ1) is 30.2. The number of likely N-dealkylation sites (N-methyl/N-ethyl adjacent to an activating group) is 1.